The number of rotatable bonds is 4. The van der Waals surface area contributed by atoms with Crippen LogP contribution in [0.25, 0.3) is 16.8 Å². The molecule has 130 valence electrons. The molecular formula is C21H13N3O3. The number of ether oxygens (including phenoxy) is 1. The van der Waals surface area contributed by atoms with E-state index < -0.39 is 5.76 Å². The van der Waals surface area contributed by atoms with Crippen LogP contribution in [0.15, 0.2) is 88.1 Å². The summed E-state index contributed by atoms with van der Waals surface area (Å²) in [5, 5.41) is 13.2. The summed E-state index contributed by atoms with van der Waals surface area (Å²) in [5.74, 6) is -0.128. The lowest BCUT2D eigenvalue weighted by molar-refractivity contribution is 0.320. The van der Waals surface area contributed by atoms with Crippen LogP contribution in [0.3, 0.4) is 0 Å². The Balaban J connectivity index is 1.68. The average Bonchev–Trinajstić information content (AvgIpc) is 3.09. The van der Waals surface area contributed by atoms with Gasteiger partial charge < -0.3 is 9.15 Å². The van der Waals surface area contributed by atoms with E-state index in [1.165, 1.54) is 0 Å². The minimum Gasteiger partial charge on any atom is -0.410 e. The van der Waals surface area contributed by atoms with E-state index in [-0.39, 0.29) is 6.08 Å². The maximum Gasteiger partial charge on any atom is 0.444 e. The van der Waals surface area contributed by atoms with Crippen molar-refractivity contribution in [2.75, 3.05) is 0 Å². The Morgan fingerprint density at radius 1 is 0.926 bits per heavy atom. The highest BCUT2D eigenvalue weighted by molar-refractivity contribution is 5.67. The van der Waals surface area contributed by atoms with Gasteiger partial charge in [-0.15, -0.1) is 0 Å². The average molecular weight is 355 g/mol. The lowest BCUT2D eigenvalue weighted by Gasteiger charge is -2.05. The van der Waals surface area contributed by atoms with Gasteiger partial charge in [0.05, 0.1) is 17.3 Å². The Morgan fingerprint density at radius 2 is 1.67 bits per heavy atom. The fourth-order valence-electron chi connectivity index (χ4n) is 2.64. The van der Waals surface area contributed by atoms with Crippen molar-refractivity contribution in [3.8, 4) is 34.7 Å². The predicted octanol–water partition coefficient (Wildman–Crippen LogP) is 4.16. The first kappa shape index (κ1) is 16.4. The van der Waals surface area contributed by atoms with Crippen LogP contribution in [-0.2, 0) is 0 Å². The summed E-state index contributed by atoms with van der Waals surface area (Å²) in [7, 11) is 0. The highest BCUT2D eigenvalue weighted by Crippen LogP contribution is 2.23. The van der Waals surface area contributed by atoms with Crippen LogP contribution in [0.1, 0.15) is 5.56 Å². The predicted molar refractivity (Wildman–Crippen MR) is 98.8 cm³/mol. The largest absolute Gasteiger partial charge is 0.444 e. The van der Waals surface area contributed by atoms with Crippen LogP contribution in [0.4, 0.5) is 0 Å². The summed E-state index contributed by atoms with van der Waals surface area (Å²) in [6, 6.07) is 25.6. The van der Waals surface area contributed by atoms with E-state index in [9.17, 15) is 4.79 Å². The van der Waals surface area contributed by atoms with Crippen LogP contribution < -0.4 is 10.5 Å². The molecule has 27 heavy (non-hydrogen) atoms. The lowest BCUT2D eigenvalue weighted by Crippen LogP contribution is -2.13. The molecule has 4 aromatic rings. The first-order chi connectivity index (χ1) is 13.2. The molecule has 0 aliphatic heterocycles. The number of aromatic nitrogens is 2. The second-order valence-electron chi connectivity index (χ2n) is 5.70. The fraction of sp³-hybridized carbons (Fsp3) is 0. The van der Waals surface area contributed by atoms with Crippen molar-refractivity contribution in [1.29, 1.82) is 5.26 Å². The third kappa shape index (κ3) is 3.48. The summed E-state index contributed by atoms with van der Waals surface area (Å²) in [6.45, 7) is 0. The van der Waals surface area contributed by atoms with E-state index in [0.717, 1.165) is 15.8 Å². The Hall–Kier alpha value is -4.11. The molecule has 6 heteroatoms. The van der Waals surface area contributed by atoms with E-state index in [4.69, 9.17) is 14.4 Å². The number of hydrogen-bond acceptors (Lipinski definition) is 5. The van der Waals surface area contributed by atoms with Gasteiger partial charge in [-0.1, -0.05) is 47.6 Å². The highest BCUT2D eigenvalue weighted by atomic mass is 16.6. The van der Waals surface area contributed by atoms with Gasteiger partial charge in [0.25, 0.3) is 0 Å². The van der Waals surface area contributed by atoms with Gasteiger partial charge in [-0.3, -0.25) is 0 Å². The normalized spacial score (nSPS) is 10.3. The number of para-hydroxylation sites is 1. The van der Waals surface area contributed by atoms with Crippen LogP contribution in [0, 0.1) is 11.3 Å². The van der Waals surface area contributed by atoms with Gasteiger partial charge in [-0.2, -0.15) is 9.94 Å². The second-order valence-corrected chi connectivity index (χ2v) is 5.70. The Kier molecular flexibility index (Phi) is 4.25. The van der Waals surface area contributed by atoms with Crippen molar-refractivity contribution >= 4 is 0 Å². The highest BCUT2D eigenvalue weighted by Gasteiger charge is 2.12. The quantitative estimate of drug-likeness (QED) is 0.549. The molecule has 4 rings (SSSR count). The number of hydrogen-bond donors (Lipinski definition) is 0. The second kappa shape index (κ2) is 7.02. The molecule has 0 spiro atoms. The van der Waals surface area contributed by atoms with E-state index >= 15 is 0 Å². The Labute approximate surface area is 154 Å². The van der Waals surface area contributed by atoms with Gasteiger partial charge in [0.2, 0.25) is 0 Å². The van der Waals surface area contributed by atoms with Crippen LogP contribution in [-0.4, -0.2) is 9.78 Å². The van der Waals surface area contributed by atoms with Gasteiger partial charge in [0.15, 0.2) is 0 Å². The molecule has 0 bridgehead atoms. The zero-order valence-corrected chi connectivity index (χ0v) is 14.1. The monoisotopic (exact) mass is 355 g/mol. The number of nitrogens with zero attached hydrogens (tertiary/aromatic N) is 3. The lowest BCUT2D eigenvalue weighted by atomic mass is 10.0. The van der Waals surface area contributed by atoms with Crippen molar-refractivity contribution in [2.45, 2.75) is 0 Å². The molecule has 0 N–H and O–H groups in total. The Bertz CT molecular complexity index is 1190. The summed E-state index contributed by atoms with van der Waals surface area (Å²) in [5.41, 5.74) is 2.82. The van der Waals surface area contributed by atoms with E-state index in [0.29, 0.717) is 17.0 Å². The van der Waals surface area contributed by atoms with Crippen molar-refractivity contribution in [1.82, 2.24) is 9.78 Å². The smallest absolute Gasteiger partial charge is 0.410 e. The summed E-state index contributed by atoms with van der Waals surface area (Å²) < 4.78 is 11.7. The molecule has 1 heterocycles. The third-order valence-electron chi connectivity index (χ3n) is 3.89. The number of nitriles is 1. The van der Waals surface area contributed by atoms with E-state index in [1.54, 1.807) is 36.4 Å². The fourth-order valence-corrected chi connectivity index (χ4v) is 2.64. The molecule has 0 radical (unpaired) electrons. The Morgan fingerprint density at radius 3 is 2.44 bits per heavy atom. The molecule has 0 atom stereocenters. The summed E-state index contributed by atoms with van der Waals surface area (Å²) in [4.78, 5) is 12.2. The van der Waals surface area contributed by atoms with Gasteiger partial charge in [0, 0.05) is 0 Å². The third-order valence-corrected chi connectivity index (χ3v) is 3.89. The molecule has 0 amide bonds. The molecule has 0 saturated heterocycles. The van der Waals surface area contributed by atoms with Crippen molar-refractivity contribution in [3.05, 3.63) is 95.0 Å². The minimum atomic E-state index is -0.649. The molecule has 0 aliphatic rings. The van der Waals surface area contributed by atoms with Crippen molar-refractivity contribution in [2.24, 2.45) is 0 Å². The molecule has 0 saturated carbocycles. The minimum absolute atomic E-state index is 0.136. The standard InChI is InChI=1S/C21H13N3O3/c22-14-15-6-4-7-16(12-15)17-8-5-9-18(13-17)24-21(25)27-20(23-24)26-19-10-2-1-3-11-19/h1-13H. The topological polar surface area (TPSA) is 81.1 Å². The van der Waals surface area contributed by atoms with Gasteiger partial charge in [0.1, 0.15) is 5.75 Å². The molecule has 0 fully saturated rings. The van der Waals surface area contributed by atoms with Crippen LogP contribution in [0.2, 0.25) is 0 Å². The van der Waals surface area contributed by atoms with E-state index in [2.05, 4.69) is 11.2 Å². The van der Waals surface area contributed by atoms with Gasteiger partial charge in [-0.05, 0) is 47.5 Å². The SMILES string of the molecule is N#Cc1cccc(-c2cccc(-n3nc(Oc4ccccc4)oc3=O)c2)c1. The molecule has 0 aliphatic carbocycles. The summed E-state index contributed by atoms with van der Waals surface area (Å²) >= 11 is 0. The van der Waals surface area contributed by atoms with E-state index in [1.807, 2.05) is 42.5 Å². The number of benzene rings is 3. The zero-order chi connectivity index (χ0) is 18.6. The maximum absolute atomic E-state index is 12.2. The van der Waals surface area contributed by atoms with Crippen molar-refractivity contribution in [3.63, 3.8) is 0 Å². The molecule has 6 nitrogen and oxygen atoms in total. The van der Waals surface area contributed by atoms with Crippen LogP contribution >= 0.6 is 0 Å². The molecule has 3 aromatic carbocycles. The summed E-state index contributed by atoms with van der Waals surface area (Å²) in [6.07, 6.45) is -0.136. The maximum atomic E-state index is 12.2. The first-order valence-electron chi connectivity index (χ1n) is 8.17. The van der Waals surface area contributed by atoms with Gasteiger partial charge >= 0.3 is 11.8 Å². The first-order valence-corrected chi connectivity index (χ1v) is 8.17. The molecule has 0 unspecified atom stereocenters. The van der Waals surface area contributed by atoms with Crippen LogP contribution in [0.5, 0.6) is 11.8 Å². The molecular weight excluding hydrogens is 342 g/mol. The zero-order valence-electron chi connectivity index (χ0n) is 14.1. The van der Waals surface area contributed by atoms with Crippen molar-refractivity contribution < 1.29 is 9.15 Å². The van der Waals surface area contributed by atoms with Gasteiger partial charge in [-0.25, -0.2) is 4.79 Å². The molecule has 1 aromatic heterocycles.